The van der Waals surface area contributed by atoms with Gasteiger partial charge in [0.15, 0.2) is 0 Å². The van der Waals surface area contributed by atoms with Crippen molar-refractivity contribution in [2.24, 2.45) is 0 Å². The quantitative estimate of drug-likeness (QED) is 0.429. The molecule has 0 saturated carbocycles. The molecule has 0 aliphatic heterocycles. The van der Waals surface area contributed by atoms with E-state index in [0.29, 0.717) is 0 Å². The Balaban J connectivity index is 4.82. The maximum atomic E-state index is 3.85. The lowest BCUT2D eigenvalue weighted by atomic mass is 25.7. The lowest BCUT2D eigenvalue weighted by Crippen LogP contribution is -2.79. The first-order chi connectivity index (χ1) is 5.89. The second kappa shape index (κ2) is 7.20. The largest absolute Gasteiger partial charge is 0 e. The summed E-state index contributed by atoms with van der Waals surface area (Å²) in [6.07, 6.45) is -1.25. The first-order valence-electron chi connectivity index (χ1n) is 3.00. The van der Waals surface area contributed by atoms with Crippen LogP contribution in [-0.4, -0.2) is 114 Å². The van der Waals surface area contributed by atoms with Gasteiger partial charge in [0.05, 0.1) is 0 Å². The second-order valence-corrected chi connectivity index (χ2v) is 57.4. The highest BCUT2D eigenvalue weighted by atomic mass is 30.5. The first kappa shape index (κ1) is 15.8. The van der Waals surface area contributed by atoms with Crippen molar-refractivity contribution in [3.05, 3.63) is 0 Å². The van der Waals surface area contributed by atoms with Gasteiger partial charge in [-0.25, -0.2) is 0 Å². The molecule has 0 aromatic heterocycles. The molecule has 0 aromatic rings. The normalized spacial score (nSPS) is 13.4. The summed E-state index contributed by atoms with van der Waals surface area (Å²) >= 11 is 0. The molecule has 0 unspecified atom stereocenters. The Labute approximate surface area is 112 Å². The molecule has 13 heavy (non-hydrogen) atoms. The highest BCUT2D eigenvalue weighted by Gasteiger charge is 2.42. The molecule has 0 amide bonds. The van der Waals surface area contributed by atoms with Gasteiger partial charge < -0.3 is 0 Å². The molecule has 0 aliphatic carbocycles. The van der Waals surface area contributed by atoms with E-state index in [1.54, 1.807) is 0 Å². The molecule has 0 saturated heterocycles. The van der Waals surface area contributed by atoms with Crippen LogP contribution < -0.4 is 0 Å². The lowest BCUT2D eigenvalue weighted by Gasteiger charge is -2.41. The van der Waals surface area contributed by atoms with Gasteiger partial charge in [-0.1, -0.05) is 0 Å². The standard InChI is InChI=1S/Si13/c1-8-9-13(10(2)3,11(4)5)12(6)7. The van der Waals surface area contributed by atoms with Gasteiger partial charge in [0.1, 0.15) is 0 Å². The van der Waals surface area contributed by atoms with Crippen LogP contribution in [0.25, 0.3) is 0 Å². The van der Waals surface area contributed by atoms with Crippen molar-refractivity contribution in [1.29, 1.82) is 0 Å². The fourth-order valence-electron chi connectivity index (χ4n) is 0.656. The molecule has 0 bridgehead atoms. The predicted molar refractivity (Wildman–Crippen MR) is 74.8 cm³/mol. The van der Waals surface area contributed by atoms with E-state index in [9.17, 15) is 0 Å². The smallest absolute Gasteiger partial charge is 0 e. The summed E-state index contributed by atoms with van der Waals surface area (Å²) in [5.41, 5.74) is 0. The van der Waals surface area contributed by atoms with Crippen LogP contribution in [0, 0.1) is 0 Å². The van der Waals surface area contributed by atoms with Gasteiger partial charge in [-0.3, -0.25) is 0 Å². The van der Waals surface area contributed by atoms with E-state index in [4.69, 9.17) is 0 Å². The molecule has 52 valence electrons. The van der Waals surface area contributed by atoms with Crippen LogP contribution in [0.4, 0.5) is 0 Å². The third-order valence-electron chi connectivity index (χ3n) is 1.38. The zero-order chi connectivity index (χ0) is 10.6. The van der Waals surface area contributed by atoms with Gasteiger partial charge in [-0.05, 0) is 0 Å². The molecule has 28 radical (unpaired) electrons. The van der Waals surface area contributed by atoms with E-state index >= 15 is 0 Å². The van der Waals surface area contributed by atoms with E-state index in [1.165, 1.54) is 0 Å². The van der Waals surface area contributed by atoms with Crippen molar-refractivity contribution < 1.29 is 0 Å². The van der Waals surface area contributed by atoms with E-state index in [-0.39, 0.29) is 0 Å². The van der Waals surface area contributed by atoms with Crippen molar-refractivity contribution >= 4 is 114 Å². The third kappa shape index (κ3) is 3.95. The van der Waals surface area contributed by atoms with Crippen LogP contribution in [0.15, 0.2) is 0 Å². The van der Waals surface area contributed by atoms with E-state index < -0.39 is 28.2 Å². The molecule has 0 N–H and O–H groups in total. The molecule has 0 aliphatic rings. The Bertz CT molecular complexity index is 109. The van der Waals surface area contributed by atoms with Crippen molar-refractivity contribution in [2.45, 2.75) is 0 Å². The summed E-state index contributed by atoms with van der Waals surface area (Å²) in [6.45, 7) is 0. The molecule has 0 heterocycles. The van der Waals surface area contributed by atoms with Crippen molar-refractivity contribution in [3.8, 4) is 0 Å². The molecule has 13 heteroatoms. The summed E-state index contributed by atoms with van der Waals surface area (Å²) in [6, 6.07) is 0. The third-order valence-corrected chi connectivity index (χ3v) is 111. The summed E-state index contributed by atoms with van der Waals surface area (Å²) < 4.78 is 0. The van der Waals surface area contributed by atoms with Crippen LogP contribution >= 0.6 is 0 Å². The van der Waals surface area contributed by atoms with Crippen LogP contribution in [0.1, 0.15) is 0 Å². The monoisotopic (exact) mass is 364 g/mol. The topological polar surface area (TPSA) is 0 Å². The Hall–Kier alpha value is 2.82. The molecular formula is Si13. The van der Waals surface area contributed by atoms with Gasteiger partial charge in [-0.15, -0.1) is 0 Å². The minimum absolute atomic E-state index is 0.560. The SMILES string of the molecule is [Si][Si][Si][Si]([Si]([Si])[Si])([Si]([Si])[Si])[Si]([Si])[Si]. The highest BCUT2D eigenvalue weighted by Crippen LogP contribution is 2.04. The predicted octanol–water partition coefficient (Wildman–Crippen LogP) is -4.95. The Morgan fingerprint density at radius 2 is 1.08 bits per heavy atom. The average Bonchev–Trinajstić information content (AvgIpc) is 1.97. The molecule has 0 nitrogen and oxygen atoms in total. The number of hydrogen-bond acceptors (Lipinski definition) is 0. The van der Waals surface area contributed by atoms with E-state index in [0.717, 1.165) is 17.1 Å². The molecular weight excluding hydrogens is 365 g/mol. The van der Waals surface area contributed by atoms with Crippen LogP contribution in [0.5, 0.6) is 0 Å². The Morgan fingerprint density at radius 1 is 0.769 bits per heavy atom. The number of hydrogen-bond donors (Lipinski definition) is 0. The average molecular weight is 365 g/mol. The van der Waals surface area contributed by atoms with Gasteiger partial charge >= 0.3 is 0 Å². The zero-order valence-corrected chi connectivity index (χ0v) is 19.5. The van der Waals surface area contributed by atoms with Gasteiger partial charge in [0.2, 0.25) is 0 Å². The van der Waals surface area contributed by atoms with E-state index in [1.807, 2.05) is 0 Å². The molecule has 0 spiro atoms. The molecule has 0 fully saturated rings. The molecule has 0 atom stereocenters. The van der Waals surface area contributed by atoms with Crippen LogP contribution in [0.2, 0.25) is 0 Å². The Morgan fingerprint density at radius 3 is 1.15 bits per heavy atom. The highest BCUT2D eigenvalue weighted by molar-refractivity contribution is 8.17. The van der Waals surface area contributed by atoms with Crippen LogP contribution in [-0.2, 0) is 0 Å². The zero-order valence-electron chi connectivity index (χ0n) is 6.50. The summed E-state index contributed by atoms with van der Waals surface area (Å²) in [5.74, 6) is 0. The van der Waals surface area contributed by atoms with Crippen molar-refractivity contribution in [3.63, 3.8) is 0 Å². The van der Waals surface area contributed by atoms with Crippen molar-refractivity contribution in [1.82, 2.24) is 0 Å². The van der Waals surface area contributed by atoms with Crippen molar-refractivity contribution in [2.75, 3.05) is 0 Å². The summed E-state index contributed by atoms with van der Waals surface area (Å²) in [7, 11) is 26.9. The van der Waals surface area contributed by atoms with E-state index in [2.05, 4.69) is 68.3 Å². The fourth-order valence-corrected chi connectivity index (χ4v) is 159. The fraction of sp³-hybridized carbons (Fsp3) is 0. The first-order valence-corrected chi connectivity index (χ1v) is 27.0. The molecule has 0 aromatic carbocycles. The van der Waals surface area contributed by atoms with Gasteiger partial charge in [0.25, 0.3) is 0 Å². The minimum atomic E-state index is -1.25. The Kier molecular flexibility index (Phi) is 8.77. The van der Waals surface area contributed by atoms with Gasteiger partial charge in [-0.2, -0.15) is 0 Å². The van der Waals surface area contributed by atoms with Crippen LogP contribution in [0.3, 0.4) is 0 Å². The summed E-state index contributed by atoms with van der Waals surface area (Å²) in [4.78, 5) is 0. The lowest BCUT2D eigenvalue weighted by molar-refractivity contribution is 3.34. The maximum Gasteiger partial charge on any atom is 0 e. The maximum absolute atomic E-state index is 3.85. The number of rotatable bonds is 5. The minimum Gasteiger partial charge on any atom is 0 e. The summed E-state index contributed by atoms with van der Waals surface area (Å²) in [5, 5.41) is 0. The molecule has 0 rings (SSSR count). The van der Waals surface area contributed by atoms with Gasteiger partial charge in [0, 0.05) is 114 Å². The second-order valence-electron chi connectivity index (χ2n) is 2.12.